The number of ether oxygens (including phenoxy) is 2. The molecule has 1 aromatic heterocycles. The first kappa shape index (κ1) is 16.9. The molecule has 23 heavy (non-hydrogen) atoms. The number of rotatable bonds is 3. The first-order valence-corrected chi connectivity index (χ1v) is 6.08. The van der Waals surface area contributed by atoms with Crippen LogP contribution in [0.25, 0.3) is 11.3 Å². The van der Waals surface area contributed by atoms with E-state index in [1.54, 1.807) is 0 Å². The number of alkyl halides is 6. The fourth-order valence-electron chi connectivity index (χ4n) is 1.83. The Bertz CT molecular complexity index is 696. The molecule has 1 aromatic carbocycles. The highest BCUT2D eigenvalue weighted by Crippen LogP contribution is 2.36. The van der Waals surface area contributed by atoms with Gasteiger partial charge in [0, 0.05) is 5.56 Å². The average Bonchev–Trinajstić information content (AvgIpc) is 2.44. The van der Waals surface area contributed by atoms with E-state index in [1.165, 1.54) is 18.2 Å². The Morgan fingerprint density at radius 2 is 1.65 bits per heavy atom. The Hall–Kier alpha value is -2.45. The Kier molecular flexibility index (Phi) is 4.39. The molecule has 0 aliphatic rings. The molecule has 2 rings (SSSR count). The lowest BCUT2D eigenvalue weighted by Gasteiger charge is -2.13. The van der Waals surface area contributed by atoms with Crippen LogP contribution in [-0.4, -0.2) is 18.5 Å². The molecule has 3 nitrogen and oxygen atoms in total. The lowest BCUT2D eigenvalue weighted by Crippen LogP contribution is -2.17. The lowest BCUT2D eigenvalue weighted by molar-refractivity contribution is -0.274. The van der Waals surface area contributed by atoms with E-state index in [0.29, 0.717) is 0 Å². The molecule has 0 fully saturated rings. The molecule has 0 amide bonds. The summed E-state index contributed by atoms with van der Waals surface area (Å²) in [4.78, 5) is 3.44. The Labute approximate surface area is 126 Å². The molecule has 0 unspecified atom stereocenters. The topological polar surface area (TPSA) is 31.4 Å². The summed E-state index contributed by atoms with van der Waals surface area (Å²) in [6.07, 6.45) is -9.66. The number of hydrogen-bond donors (Lipinski definition) is 0. The van der Waals surface area contributed by atoms with Gasteiger partial charge >= 0.3 is 12.5 Å². The monoisotopic (exact) mass is 337 g/mol. The van der Waals surface area contributed by atoms with Gasteiger partial charge in [-0.25, -0.2) is 4.98 Å². The fraction of sp³-hybridized carbons (Fsp3) is 0.214. The molecule has 9 heteroatoms. The summed E-state index contributed by atoms with van der Waals surface area (Å²) in [5.74, 6) is -1.04. The highest BCUT2D eigenvalue weighted by Gasteiger charge is 2.37. The number of aromatic nitrogens is 1. The van der Waals surface area contributed by atoms with Crippen LogP contribution in [0.5, 0.6) is 11.5 Å². The van der Waals surface area contributed by atoms with E-state index in [4.69, 9.17) is 0 Å². The second-order valence-electron chi connectivity index (χ2n) is 4.32. The van der Waals surface area contributed by atoms with Crippen LogP contribution in [0, 0.1) is 0 Å². The fourth-order valence-corrected chi connectivity index (χ4v) is 1.83. The predicted molar refractivity (Wildman–Crippen MR) is 67.9 cm³/mol. The highest BCUT2D eigenvalue weighted by molar-refractivity contribution is 5.62. The van der Waals surface area contributed by atoms with E-state index in [2.05, 4.69) is 14.5 Å². The Morgan fingerprint density at radius 1 is 0.957 bits per heavy atom. The van der Waals surface area contributed by atoms with Crippen molar-refractivity contribution in [3.05, 3.63) is 42.1 Å². The van der Waals surface area contributed by atoms with Crippen LogP contribution in [0.3, 0.4) is 0 Å². The SMILES string of the molecule is COc1ccc(-c2cccc(OC(F)(F)F)c2)nc1C(F)(F)F. The summed E-state index contributed by atoms with van der Waals surface area (Å²) >= 11 is 0. The normalized spacial score (nSPS) is 12.1. The molecule has 0 spiro atoms. The molecule has 2 aromatic rings. The second-order valence-corrected chi connectivity index (χ2v) is 4.32. The van der Waals surface area contributed by atoms with Crippen molar-refractivity contribution in [3.8, 4) is 22.8 Å². The minimum Gasteiger partial charge on any atom is -0.494 e. The van der Waals surface area contributed by atoms with Gasteiger partial charge in [0.05, 0.1) is 12.8 Å². The van der Waals surface area contributed by atoms with Crippen molar-refractivity contribution in [3.63, 3.8) is 0 Å². The van der Waals surface area contributed by atoms with Gasteiger partial charge in [0.25, 0.3) is 0 Å². The van der Waals surface area contributed by atoms with Gasteiger partial charge in [0.15, 0.2) is 5.69 Å². The molecule has 0 N–H and O–H groups in total. The summed E-state index contributed by atoms with van der Waals surface area (Å²) in [5.41, 5.74) is -1.38. The quantitative estimate of drug-likeness (QED) is 0.763. The Balaban J connectivity index is 2.45. The van der Waals surface area contributed by atoms with Crippen LogP contribution in [-0.2, 0) is 6.18 Å². The zero-order valence-electron chi connectivity index (χ0n) is 11.5. The van der Waals surface area contributed by atoms with E-state index < -0.39 is 29.7 Å². The number of benzene rings is 1. The van der Waals surface area contributed by atoms with E-state index in [0.717, 1.165) is 25.3 Å². The first-order valence-electron chi connectivity index (χ1n) is 6.08. The summed E-state index contributed by atoms with van der Waals surface area (Å²) < 4.78 is 83.7. The minimum absolute atomic E-state index is 0.0416. The van der Waals surface area contributed by atoms with E-state index in [1.807, 2.05) is 0 Å². The molecular formula is C14H9F6NO2. The van der Waals surface area contributed by atoms with Gasteiger partial charge in [-0.1, -0.05) is 12.1 Å². The molecule has 1 heterocycles. The third-order valence-electron chi connectivity index (χ3n) is 2.71. The molecular weight excluding hydrogens is 328 g/mol. The first-order chi connectivity index (χ1) is 10.6. The molecule has 0 saturated carbocycles. The summed E-state index contributed by atoms with van der Waals surface area (Å²) in [7, 11) is 1.06. The summed E-state index contributed by atoms with van der Waals surface area (Å²) in [6.45, 7) is 0. The third kappa shape index (κ3) is 4.27. The molecule has 0 radical (unpaired) electrons. The van der Waals surface area contributed by atoms with Crippen LogP contribution in [0.15, 0.2) is 36.4 Å². The smallest absolute Gasteiger partial charge is 0.494 e. The standard InChI is InChI=1S/C14H9F6NO2/c1-22-11-6-5-10(21-12(11)13(15,16)17)8-3-2-4-9(7-8)23-14(18,19)20/h2-7H,1H3. The van der Waals surface area contributed by atoms with E-state index in [9.17, 15) is 26.3 Å². The van der Waals surface area contributed by atoms with Crippen LogP contribution >= 0.6 is 0 Å². The number of pyridine rings is 1. The zero-order chi connectivity index (χ0) is 17.3. The third-order valence-corrected chi connectivity index (χ3v) is 2.71. The van der Waals surface area contributed by atoms with Gasteiger partial charge in [-0.05, 0) is 24.3 Å². The van der Waals surface area contributed by atoms with Crippen molar-refractivity contribution in [2.24, 2.45) is 0 Å². The number of nitrogens with zero attached hydrogens (tertiary/aromatic N) is 1. The molecule has 0 bridgehead atoms. The summed E-state index contributed by atoms with van der Waals surface area (Å²) in [6, 6.07) is 6.77. The number of halogens is 6. The largest absolute Gasteiger partial charge is 0.573 e. The van der Waals surface area contributed by atoms with Gasteiger partial charge in [0.1, 0.15) is 11.5 Å². The van der Waals surface area contributed by atoms with Crippen molar-refractivity contribution in [1.82, 2.24) is 4.98 Å². The molecule has 124 valence electrons. The van der Waals surface area contributed by atoms with Gasteiger partial charge in [-0.2, -0.15) is 13.2 Å². The summed E-state index contributed by atoms with van der Waals surface area (Å²) in [5, 5.41) is 0. The van der Waals surface area contributed by atoms with Crippen LogP contribution < -0.4 is 9.47 Å². The average molecular weight is 337 g/mol. The van der Waals surface area contributed by atoms with Crippen molar-refractivity contribution < 1.29 is 35.8 Å². The maximum Gasteiger partial charge on any atom is 0.573 e. The van der Waals surface area contributed by atoms with E-state index >= 15 is 0 Å². The zero-order valence-corrected chi connectivity index (χ0v) is 11.5. The Morgan fingerprint density at radius 3 is 2.22 bits per heavy atom. The van der Waals surface area contributed by atoms with Crippen molar-refractivity contribution in [2.45, 2.75) is 12.5 Å². The van der Waals surface area contributed by atoms with Crippen LogP contribution in [0.2, 0.25) is 0 Å². The van der Waals surface area contributed by atoms with Crippen molar-refractivity contribution in [2.75, 3.05) is 7.11 Å². The maximum atomic E-state index is 12.9. The van der Waals surface area contributed by atoms with Gasteiger partial charge in [-0.15, -0.1) is 13.2 Å². The molecule has 0 atom stereocenters. The van der Waals surface area contributed by atoms with Crippen molar-refractivity contribution in [1.29, 1.82) is 0 Å². The maximum absolute atomic E-state index is 12.9. The van der Waals surface area contributed by atoms with Gasteiger partial charge < -0.3 is 9.47 Å². The highest BCUT2D eigenvalue weighted by atomic mass is 19.4. The second kappa shape index (κ2) is 5.98. The molecule has 0 aliphatic carbocycles. The van der Waals surface area contributed by atoms with Crippen LogP contribution in [0.1, 0.15) is 5.69 Å². The molecule has 0 aliphatic heterocycles. The van der Waals surface area contributed by atoms with Crippen LogP contribution in [0.4, 0.5) is 26.3 Å². The predicted octanol–water partition coefficient (Wildman–Crippen LogP) is 4.67. The van der Waals surface area contributed by atoms with E-state index in [-0.39, 0.29) is 11.3 Å². The molecule has 0 saturated heterocycles. The lowest BCUT2D eigenvalue weighted by atomic mass is 10.1. The number of hydrogen-bond acceptors (Lipinski definition) is 3. The van der Waals surface area contributed by atoms with Gasteiger partial charge in [-0.3, -0.25) is 0 Å². The van der Waals surface area contributed by atoms with Crippen molar-refractivity contribution >= 4 is 0 Å². The number of methoxy groups -OCH3 is 1. The minimum atomic E-state index is -4.90. The van der Waals surface area contributed by atoms with Gasteiger partial charge in [0.2, 0.25) is 0 Å².